The van der Waals surface area contributed by atoms with Gasteiger partial charge in [-0.15, -0.1) is 11.6 Å². The third-order valence-electron chi connectivity index (χ3n) is 6.55. The minimum absolute atomic E-state index is 0.00987. The molecule has 0 unspecified atom stereocenters. The van der Waals surface area contributed by atoms with Gasteiger partial charge in [-0.3, -0.25) is 9.59 Å². The number of carbonyl (C=O) groups is 2. The van der Waals surface area contributed by atoms with E-state index in [2.05, 4.69) is 5.32 Å². The van der Waals surface area contributed by atoms with Crippen LogP contribution in [0.1, 0.15) is 30.4 Å². The van der Waals surface area contributed by atoms with Crippen molar-refractivity contribution in [3.05, 3.63) is 71.8 Å². The first kappa shape index (κ1) is 16.8. The van der Waals surface area contributed by atoms with Crippen molar-refractivity contribution < 1.29 is 9.59 Å². The highest BCUT2D eigenvalue weighted by atomic mass is 35.5. The largest absolute Gasteiger partial charge is 0.339 e. The van der Waals surface area contributed by atoms with Crippen molar-refractivity contribution in [3.8, 4) is 0 Å². The molecule has 2 bridgehead atoms. The Morgan fingerprint density at radius 3 is 2.37 bits per heavy atom. The Bertz CT molecular complexity index is 918. The minimum Gasteiger partial charge on any atom is -0.339 e. The highest BCUT2D eigenvalue weighted by molar-refractivity contribution is 6.29. The number of amides is 2. The Morgan fingerprint density at radius 2 is 1.67 bits per heavy atom. The smallest absolute Gasteiger partial charge is 0.249 e. The molecule has 2 aromatic rings. The fraction of sp³-hybridized carbons (Fsp3) is 0.364. The molecule has 3 atom stereocenters. The number of carbonyl (C=O) groups excluding carboxylic acids is 2. The standard InChI is InChI=1S/C22H21ClN2O2/c23-21(17-10-5-2-6-11-17)15-20(14-16-8-3-1-4-9-16)19(27)25-13-7-12-22(21,25)18(26)24-20/h1-6,8-11H,7,12-15H2,(H,24,26)/t20-,21+,22+/m0/s1. The van der Waals surface area contributed by atoms with E-state index >= 15 is 0 Å². The summed E-state index contributed by atoms with van der Waals surface area (Å²) in [7, 11) is 0. The maximum atomic E-state index is 13.5. The zero-order chi connectivity index (χ0) is 18.7. The first-order valence-electron chi connectivity index (χ1n) is 9.45. The summed E-state index contributed by atoms with van der Waals surface area (Å²) in [5.74, 6) is -0.101. The highest BCUT2D eigenvalue weighted by Gasteiger charge is 2.75. The summed E-state index contributed by atoms with van der Waals surface area (Å²) >= 11 is 7.35. The molecule has 6 rings (SSSR count). The zero-order valence-electron chi connectivity index (χ0n) is 15.0. The number of fused-ring (bicyclic) bond motifs is 2. The Morgan fingerprint density at radius 1 is 1.00 bits per heavy atom. The Balaban J connectivity index is 1.68. The molecule has 2 amide bonds. The Kier molecular flexibility index (Phi) is 3.48. The predicted molar refractivity (Wildman–Crippen MR) is 103 cm³/mol. The van der Waals surface area contributed by atoms with E-state index in [0.717, 1.165) is 17.5 Å². The van der Waals surface area contributed by atoms with Gasteiger partial charge in [0.05, 0.1) is 0 Å². The van der Waals surface area contributed by atoms with Gasteiger partial charge in [0.15, 0.2) is 0 Å². The van der Waals surface area contributed by atoms with Crippen LogP contribution in [-0.4, -0.2) is 34.3 Å². The summed E-state index contributed by atoms with van der Waals surface area (Å²) in [6.45, 7) is 0.587. The molecule has 1 N–H and O–H groups in total. The maximum Gasteiger partial charge on any atom is 0.249 e. The number of alkyl halides is 1. The second-order valence-electron chi connectivity index (χ2n) is 7.96. The van der Waals surface area contributed by atoms with Gasteiger partial charge in [-0.2, -0.15) is 0 Å². The number of hydrogen-bond donors (Lipinski definition) is 1. The van der Waals surface area contributed by atoms with Gasteiger partial charge in [0.1, 0.15) is 16.0 Å². The monoisotopic (exact) mass is 380 g/mol. The molecule has 1 spiro atoms. The van der Waals surface area contributed by atoms with Crippen LogP contribution in [0.5, 0.6) is 0 Å². The van der Waals surface area contributed by atoms with E-state index in [1.54, 1.807) is 4.90 Å². The van der Waals surface area contributed by atoms with Gasteiger partial charge in [-0.1, -0.05) is 60.7 Å². The van der Waals surface area contributed by atoms with Gasteiger partial charge in [0.2, 0.25) is 11.8 Å². The molecular weight excluding hydrogens is 360 g/mol. The Labute approximate surface area is 163 Å². The normalized spacial score (nSPS) is 34.5. The van der Waals surface area contributed by atoms with E-state index in [4.69, 9.17) is 11.6 Å². The lowest BCUT2D eigenvalue weighted by atomic mass is 9.60. The van der Waals surface area contributed by atoms with Crippen LogP contribution in [0.25, 0.3) is 0 Å². The molecule has 0 radical (unpaired) electrons. The molecule has 4 fully saturated rings. The van der Waals surface area contributed by atoms with Crippen molar-refractivity contribution in [2.24, 2.45) is 0 Å². The van der Waals surface area contributed by atoms with Crippen molar-refractivity contribution in [3.63, 3.8) is 0 Å². The molecule has 138 valence electrons. The number of rotatable bonds is 3. The van der Waals surface area contributed by atoms with Gasteiger partial charge in [-0.05, 0) is 24.0 Å². The van der Waals surface area contributed by atoms with Crippen LogP contribution in [0, 0.1) is 0 Å². The summed E-state index contributed by atoms with van der Waals surface area (Å²) < 4.78 is 0. The van der Waals surface area contributed by atoms with Gasteiger partial charge < -0.3 is 10.2 Å². The van der Waals surface area contributed by atoms with Crippen molar-refractivity contribution in [1.82, 2.24) is 10.2 Å². The Hall–Kier alpha value is -2.33. The number of halogens is 1. The van der Waals surface area contributed by atoms with Crippen molar-refractivity contribution in [1.29, 1.82) is 0 Å². The van der Waals surface area contributed by atoms with Crippen LogP contribution < -0.4 is 5.32 Å². The molecule has 0 aliphatic carbocycles. The van der Waals surface area contributed by atoms with Gasteiger partial charge in [-0.25, -0.2) is 0 Å². The predicted octanol–water partition coefficient (Wildman–Crippen LogP) is 3.00. The van der Waals surface area contributed by atoms with Gasteiger partial charge in [0, 0.05) is 19.4 Å². The molecule has 4 aliphatic heterocycles. The second kappa shape index (κ2) is 5.59. The van der Waals surface area contributed by atoms with Crippen LogP contribution >= 0.6 is 11.6 Å². The first-order valence-corrected chi connectivity index (χ1v) is 9.83. The number of piperazine rings is 1. The lowest BCUT2D eigenvalue weighted by Gasteiger charge is -2.62. The van der Waals surface area contributed by atoms with Crippen molar-refractivity contribution in [2.75, 3.05) is 6.54 Å². The molecule has 4 heterocycles. The lowest BCUT2D eigenvalue weighted by molar-refractivity contribution is -0.173. The molecule has 4 saturated heterocycles. The van der Waals surface area contributed by atoms with E-state index in [1.165, 1.54) is 0 Å². The van der Waals surface area contributed by atoms with E-state index in [0.29, 0.717) is 25.8 Å². The van der Waals surface area contributed by atoms with Crippen LogP contribution in [0.4, 0.5) is 0 Å². The van der Waals surface area contributed by atoms with Crippen LogP contribution in [0.3, 0.4) is 0 Å². The molecule has 0 aromatic heterocycles. The molecule has 4 nitrogen and oxygen atoms in total. The number of piperidine rings is 2. The first-order chi connectivity index (χ1) is 13.0. The summed E-state index contributed by atoms with van der Waals surface area (Å²) in [6.07, 6.45) is 2.25. The highest BCUT2D eigenvalue weighted by Crippen LogP contribution is 2.60. The molecule has 0 saturated carbocycles. The summed E-state index contributed by atoms with van der Waals surface area (Å²) in [5.41, 5.74) is -0.0572. The third-order valence-corrected chi connectivity index (χ3v) is 7.21. The van der Waals surface area contributed by atoms with Crippen LogP contribution in [0.2, 0.25) is 0 Å². The maximum absolute atomic E-state index is 13.5. The quantitative estimate of drug-likeness (QED) is 0.832. The van der Waals surface area contributed by atoms with E-state index in [1.807, 2.05) is 60.7 Å². The average Bonchev–Trinajstić information content (AvgIpc) is 3.14. The second-order valence-corrected chi connectivity index (χ2v) is 8.61. The molecular formula is C22H21ClN2O2. The summed E-state index contributed by atoms with van der Waals surface area (Å²) in [4.78, 5) is 27.8. The number of nitrogens with one attached hydrogen (secondary N) is 1. The summed E-state index contributed by atoms with van der Waals surface area (Å²) in [5, 5.41) is 3.10. The zero-order valence-corrected chi connectivity index (χ0v) is 15.7. The number of benzene rings is 2. The van der Waals surface area contributed by atoms with Crippen molar-refractivity contribution in [2.45, 2.75) is 41.6 Å². The SMILES string of the molecule is O=C1N2CCC[C@]23C(=O)N[C@@]1(Cc1ccccc1)C[C@@]3(Cl)c1ccccc1. The van der Waals surface area contributed by atoms with E-state index in [9.17, 15) is 9.59 Å². The van der Waals surface area contributed by atoms with Crippen LogP contribution in [0.15, 0.2) is 60.7 Å². The van der Waals surface area contributed by atoms with Gasteiger partial charge >= 0.3 is 0 Å². The molecule has 2 aromatic carbocycles. The van der Waals surface area contributed by atoms with E-state index < -0.39 is 16.0 Å². The topological polar surface area (TPSA) is 49.4 Å². The van der Waals surface area contributed by atoms with Crippen LogP contribution in [-0.2, 0) is 20.9 Å². The third kappa shape index (κ3) is 2.05. The van der Waals surface area contributed by atoms with E-state index in [-0.39, 0.29) is 11.8 Å². The van der Waals surface area contributed by atoms with Crippen molar-refractivity contribution >= 4 is 23.4 Å². The fourth-order valence-corrected chi connectivity index (χ4v) is 6.04. The number of hydrogen-bond acceptors (Lipinski definition) is 2. The molecule has 4 aliphatic rings. The lowest BCUT2D eigenvalue weighted by Crippen LogP contribution is -2.85. The molecule has 27 heavy (non-hydrogen) atoms. The van der Waals surface area contributed by atoms with Gasteiger partial charge in [0.25, 0.3) is 0 Å². The summed E-state index contributed by atoms with van der Waals surface area (Å²) in [6, 6.07) is 19.6. The fourth-order valence-electron chi connectivity index (χ4n) is 5.41. The number of nitrogens with zero attached hydrogens (tertiary/aromatic N) is 1. The minimum atomic E-state index is -0.998. The average molecular weight is 381 g/mol. The molecule has 5 heteroatoms.